The fourth-order valence-electron chi connectivity index (χ4n) is 1.53. The smallest absolute Gasteiger partial charge is 0.329 e. The molecule has 0 fully saturated rings. The number of carbonyl (C=O) groups excluding carboxylic acids is 1. The third kappa shape index (κ3) is 4.76. The maximum absolute atomic E-state index is 12.0. The average molecular weight is 276 g/mol. The summed E-state index contributed by atoms with van der Waals surface area (Å²) in [5.74, 6) is 0.820. The summed E-state index contributed by atoms with van der Waals surface area (Å²) in [6, 6.07) is -0.296. The highest BCUT2D eigenvalue weighted by atomic mass is 32.2. The Hall–Kier alpha value is -0.910. The van der Waals surface area contributed by atoms with Gasteiger partial charge in [-0.25, -0.2) is 9.59 Å². The summed E-state index contributed by atoms with van der Waals surface area (Å²) >= 11 is 1.74. The third-order valence-electron chi connectivity index (χ3n) is 2.70. The largest absolute Gasteiger partial charge is 0.480 e. The summed E-state index contributed by atoms with van der Waals surface area (Å²) < 4.78 is 0. The molecule has 0 spiro atoms. The third-order valence-corrected chi connectivity index (χ3v) is 3.85. The highest BCUT2D eigenvalue weighted by Gasteiger charge is 2.37. The van der Waals surface area contributed by atoms with Crippen LogP contribution in [0.4, 0.5) is 4.79 Å². The van der Waals surface area contributed by atoms with Crippen LogP contribution < -0.4 is 5.32 Å². The molecule has 1 unspecified atom stereocenters. The van der Waals surface area contributed by atoms with Gasteiger partial charge in [-0.2, -0.15) is 11.8 Å². The Morgan fingerprint density at radius 2 is 1.94 bits per heavy atom. The van der Waals surface area contributed by atoms with Crippen molar-refractivity contribution in [2.45, 2.75) is 46.2 Å². The van der Waals surface area contributed by atoms with Crippen molar-refractivity contribution in [3.63, 3.8) is 0 Å². The molecule has 0 bridgehead atoms. The van der Waals surface area contributed by atoms with Crippen molar-refractivity contribution in [3.05, 3.63) is 0 Å². The van der Waals surface area contributed by atoms with Crippen LogP contribution in [0.1, 0.15) is 34.6 Å². The molecule has 0 aromatic rings. The topological polar surface area (TPSA) is 69.6 Å². The Labute approximate surface area is 113 Å². The summed E-state index contributed by atoms with van der Waals surface area (Å²) in [5.41, 5.74) is -1.20. The second-order valence-electron chi connectivity index (χ2n) is 4.62. The maximum atomic E-state index is 12.0. The SMILES string of the molecule is CCSCC(C)NC(=O)N(CC)C(C)(C)C(=O)O. The van der Waals surface area contributed by atoms with Gasteiger partial charge in [0.05, 0.1) is 0 Å². The first-order chi connectivity index (χ1) is 8.27. The Bertz CT molecular complexity index is 295. The minimum atomic E-state index is -1.20. The summed E-state index contributed by atoms with van der Waals surface area (Å²) in [6.07, 6.45) is 0. The second kappa shape index (κ2) is 7.51. The van der Waals surface area contributed by atoms with Crippen molar-refractivity contribution in [3.8, 4) is 0 Å². The molecule has 2 N–H and O–H groups in total. The summed E-state index contributed by atoms with van der Waals surface area (Å²) in [7, 11) is 0. The van der Waals surface area contributed by atoms with Gasteiger partial charge in [0.25, 0.3) is 0 Å². The molecule has 106 valence electrons. The van der Waals surface area contributed by atoms with E-state index in [2.05, 4.69) is 12.2 Å². The lowest BCUT2D eigenvalue weighted by molar-refractivity contribution is -0.147. The number of urea groups is 1. The number of rotatable bonds is 7. The molecule has 0 rings (SSSR count). The molecule has 0 heterocycles. The number of nitrogens with zero attached hydrogens (tertiary/aromatic N) is 1. The lowest BCUT2D eigenvalue weighted by atomic mass is 10.0. The standard InChI is InChI=1S/C12H24N2O3S/c1-6-14(12(4,5)10(15)16)11(17)13-9(3)8-18-7-2/h9H,6-8H2,1-5H3,(H,13,17)(H,15,16). The lowest BCUT2D eigenvalue weighted by Crippen LogP contribution is -2.57. The molecule has 0 aliphatic rings. The van der Waals surface area contributed by atoms with Gasteiger partial charge in [0.1, 0.15) is 5.54 Å². The van der Waals surface area contributed by atoms with Crippen LogP contribution in [-0.2, 0) is 4.79 Å². The van der Waals surface area contributed by atoms with E-state index in [1.165, 1.54) is 18.7 Å². The van der Waals surface area contributed by atoms with Gasteiger partial charge in [-0.15, -0.1) is 0 Å². The first-order valence-electron chi connectivity index (χ1n) is 6.16. The van der Waals surface area contributed by atoms with Gasteiger partial charge in [0.15, 0.2) is 0 Å². The van der Waals surface area contributed by atoms with Crippen molar-refractivity contribution in [2.24, 2.45) is 0 Å². The van der Waals surface area contributed by atoms with Crippen LogP contribution in [0.3, 0.4) is 0 Å². The Morgan fingerprint density at radius 1 is 1.39 bits per heavy atom. The molecule has 0 aliphatic carbocycles. The van der Waals surface area contributed by atoms with Gasteiger partial charge in [-0.1, -0.05) is 6.92 Å². The van der Waals surface area contributed by atoms with Crippen LogP contribution in [-0.4, -0.2) is 51.6 Å². The van der Waals surface area contributed by atoms with Crippen LogP contribution in [0.15, 0.2) is 0 Å². The summed E-state index contributed by atoms with van der Waals surface area (Å²) in [4.78, 5) is 24.5. The van der Waals surface area contributed by atoms with Crippen LogP contribution in [0.5, 0.6) is 0 Å². The van der Waals surface area contributed by atoms with Crippen molar-refractivity contribution in [1.29, 1.82) is 0 Å². The van der Waals surface area contributed by atoms with Gasteiger partial charge in [-0.05, 0) is 33.4 Å². The molecule has 0 saturated carbocycles. The summed E-state index contributed by atoms with van der Waals surface area (Å²) in [5, 5.41) is 12.0. The van der Waals surface area contributed by atoms with E-state index < -0.39 is 11.5 Å². The number of carboxylic acids is 1. The predicted molar refractivity (Wildman–Crippen MR) is 75.1 cm³/mol. The maximum Gasteiger partial charge on any atom is 0.329 e. The summed E-state index contributed by atoms with van der Waals surface area (Å²) in [6.45, 7) is 9.18. The molecular formula is C12H24N2O3S. The molecule has 5 nitrogen and oxygen atoms in total. The van der Waals surface area contributed by atoms with E-state index >= 15 is 0 Å². The zero-order chi connectivity index (χ0) is 14.3. The molecule has 0 radical (unpaired) electrons. The molecule has 1 atom stereocenters. The zero-order valence-corrected chi connectivity index (χ0v) is 12.6. The van der Waals surface area contributed by atoms with Gasteiger partial charge in [0.2, 0.25) is 0 Å². The van der Waals surface area contributed by atoms with E-state index in [1.54, 1.807) is 18.7 Å². The first-order valence-corrected chi connectivity index (χ1v) is 7.32. The van der Waals surface area contributed by atoms with E-state index in [1.807, 2.05) is 6.92 Å². The first kappa shape index (κ1) is 17.1. The van der Waals surface area contributed by atoms with E-state index in [-0.39, 0.29) is 12.1 Å². The molecule has 18 heavy (non-hydrogen) atoms. The number of carboxylic acid groups (broad SMARTS) is 1. The number of likely N-dealkylation sites (N-methyl/N-ethyl adjacent to an activating group) is 1. The number of amides is 2. The van der Waals surface area contributed by atoms with Crippen LogP contribution in [0.25, 0.3) is 0 Å². The molecular weight excluding hydrogens is 252 g/mol. The van der Waals surface area contributed by atoms with Crippen molar-refractivity contribution in [1.82, 2.24) is 10.2 Å². The van der Waals surface area contributed by atoms with E-state index in [4.69, 9.17) is 5.11 Å². The zero-order valence-electron chi connectivity index (χ0n) is 11.8. The second-order valence-corrected chi connectivity index (χ2v) is 5.94. The molecule has 2 amide bonds. The van der Waals surface area contributed by atoms with Crippen molar-refractivity contribution >= 4 is 23.8 Å². The Morgan fingerprint density at radius 3 is 2.33 bits per heavy atom. The van der Waals surface area contributed by atoms with Crippen molar-refractivity contribution < 1.29 is 14.7 Å². The minimum Gasteiger partial charge on any atom is -0.480 e. The normalized spacial score (nSPS) is 12.9. The predicted octanol–water partition coefficient (Wildman–Crippen LogP) is 2.02. The number of nitrogens with one attached hydrogen (secondary N) is 1. The van der Waals surface area contributed by atoms with E-state index in [9.17, 15) is 9.59 Å². The number of carbonyl (C=O) groups is 2. The molecule has 0 saturated heterocycles. The molecule has 6 heteroatoms. The van der Waals surface area contributed by atoms with Crippen molar-refractivity contribution in [2.75, 3.05) is 18.1 Å². The fraction of sp³-hybridized carbons (Fsp3) is 0.833. The van der Waals surface area contributed by atoms with Crippen LogP contribution >= 0.6 is 11.8 Å². The van der Waals surface area contributed by atoms with E-state index in [0.717, 1.165) is 11.5 Å². The fourth-order valence-corrected chi connectivity index (χ4v) is 2.21. The average Bonchev–Trinajstić information content (AvgIpc) is 2.26. The number of thioether (sulfide) groups is 1. The van der Waals surface area contributed by atoms with Crippen LogP contribution in [0, 0.1) is 0 Å². The quantitative estimate of drug-likeness (QED) is 0.746. The highest BCUT2D eigenvalue weighted by Crippen LogP contribution is 2.15. The Kier molecular flexibility index (Phi) is 7.13. The van der Waals surface area contributed by atoms with Gasteiger partial charge < -0.3 is 15.3 Å². The number of aliphatic carboxylic acids is 1. The van der Waals surface area contributed by atoms with Gasteiger partial charge in [-0.3, -0.25) is 0 Å². The number of hydrogen-bond acceptors (Lipinski definition) is 3. The van der Waals surface area contributed by atoms with E-state index in [0.29, 0.717) is 6.54 Å². The molecule has 0 aromatic carbocycles. The number of hydrogen-bond donors (Lipinski definition) is 2. The molecule has 0 aromatic heterocycles. The monoisotopic (exact) mass is 276 g/mol. The Balaban J connectivity index is 4.58. The van der Waals surface area contributed by atoms with Crippen LogP contribution in [0.2, 0.25) is 0 Å². The molecule has 0 aliphatic heterocycles. The van der Waals surface area contributed by atoms with Gasteiger partial charge in [0, 0.05) is 18.3 Å². The lowest BCUT2D eigenvalue weighted by Gasteiger charge is -2.35. The van der Waals surface area contributed by atoms with Gasteiger partial charge >= 0.3 is 12.0 Å². The minimum absolute atomic E-state index is 0.0288. The highest BCUT2D eigenvalue weighted by molar-refractivity contribution is 7.99.